The number of pyridine rings is 1. The maximum atomic E-state index is 13.5. The van der Waals surface area contributed by atoms with Gasteiger partial charge in [0.1, 0.15) is 6.54 Å². The molecule has 216 valence electrons. The first kappa shape index (κ1) is 28.1. The first-order chi connectivity index (χ1) is 20.4. The molecule has 9 heteroatoms. The Labute approximate surface area is 249 Å². The Morgan fingerprint density at radius 2 is 1.83 bits per heavy atom. The number of aromatic nitrogens is 3. The van der Waals surface area contributed by atoms with Gasteiger partial charge < -0.3 is 19.3 Å². The number of carboxylic acids is 1. The minimum atomic E-state index is -1.19. The Morgan fingerprint density at radius 3 is 2.55 bits per heavy atom. The standard InChI is InChI=1S/C33H34N4O4S/c1-21-33(42-22(2)34-21)29-12-8-24-18-25(9-11-28(24)35-29)32-27(23-6-4-3-5-7-23)19-26(10-13-31(39)40)37(32)20-30(38)36-14-16-41-17-15-36/h8-9,11-12,18-19,23H,3-7,14-17,20H2,1-2H3,(H,39,40). The lowest BCUT2D eigenvalue weighted by Gasteiger charge is -2.28. The van der Waals surface area contributed by atoms with Gasteiger partial charge in [0.2, 0.25) is 5.91 Å². The molecule has 6 rings (SSSR count). The summed E-state index contributed by atoms with van der Waals surface area (Å²) in [6, 6.07) is 12.4. The van der Waals surface area contributed by atoms with E-state index in [1.54, 1.807) is 11.3 Å². The van der Waals surface area contributed by atoms with E-state index in [1.165, 1.54) is 6.42 Å². The lowest BCUT2D eigenvalue weighted by molar-refractivity contribution is -0.135. The fraction of sp³-hybridized carbons (Fsp3) is 0.394. The zero-order chi connectivity index (χ0) is 29.2. The minimum absolute atomic E-state index is 0.0222. The van der Waals surface area contributed by atoms with Crippen molar-refractivity contribution in [3.05, 3.63) is 58.4 Å². The van der Waals surface area contributed by atoms with E-state index in [2.05, 4.69) is 35.0 Å². The van der Waals surface area contributed by atoms with Crippen LogP contribution >= 0.6 is 11.3 Å². The number of carboxylic acid groups (broad SMARTS) is 1. The Bertz CT molecular complexity index is 1710. The topological polar surface area (TPSA) is 97.5 Å². The first-order valence-electron chi connectivity index (χ1n) is 14.6. The number of amides is 1. The molecular formula is C33H34N4O4S. The van der Waals surface area contributed by atoms with Crippen LogP contribution < -0.4 is 0 Å². The lowest BCUT2D eigenvalue weighted by atomic mass is 9.83. The van der Waals surface area contributed by atoms with Crippen molar-refractivity contribution >= 4 is 34.1 Å². The highest BCUT2D eigenvalue weighted by Crippen LogP contribution is 2.41. The van der Waals surface area contributed by atoms with Crippen LogP contribution in [0.3, 0.4) is 0 Å². The van der Waals surface area contributed by atoms with Crippen molar-refractivity contribution in [1.29, 1.82) is 0 Å². The molecule has 42 heavy (non-hydrogen) atoms. The lowest BCUT2D eigenvalue weighted by Crippen LogP contribution is -2.42. The number of thiazole rings is 1. The van der Waals surface area contributed by atoms with Crippen molar-refractivity contribution in [3.63, 3.8) is 0 Å². The van der Waals surface area contributed by atoms with Crippen molar-refractivity contribution in [2.45, 2.75) is 58.4 Å². The highest BCUT2D eigenvalue weighted by Gasteiger charge is 2.27. The number of hydrogen-bond acceptors (Lipinski definition) is 6. The molecule has 1 aromatic carbocycles. The number of aliphatic carboxylic acids is 1. The molecule has 2 aliphatic rings. The number of rotatable bonds is 5. The summed E-state index contributed by atoms with van der Waals surface area (Å²) in [5, 5.41) is 11.4. The molecule has 0 bridgehead atoms. The first-order valence-corrected chi connectivity index (χ1v) is 15.4. The van der Waals surface area contributed by atoms with Gasteiger partial charge in [0.15, 0.2) is 0 Å². The second kappa shape index (κ2) is 12.1. The smallest absolute Gasteiger partial charge is 0.382 e. The molecular weight excluding hydrogens is 548 g/mol. The van der Waals surface area contributed by atoms with Gasteiger partial charge in [-0.1, -0.05) is 31.4 Å². The average molecular weight is 583 g/mol. The van der Waals surface area contributed by atoms with Crippen molar-refractivity contribution in [2.75, 3.05) is 26.3 Å². The molecule has 0 atom stereocenters. The summed E-state index contributed by atoms with van der Waals surface area (Å²) in [6.07, 6.45) is 5.65. The molecule has 2 fully saturated rings. The molecule has 0 spiro atoms. The molecule has 4 aromatic rings. The van der Waals surface area contributed by atoms with Gasteiger partial charge in [0.05, 0.1) is 51.4 Å². The van der Waals surface area contributed by atoms with Crippen molar-refractivity contribution < 1.29 is 19.4 Å². The predicted molar refractivity (Wildman–Crippen MR) is 163 cm³/mol. The number of carbonyl (C=O) groups excluding carboxylic acids is 1. The van der Waals surface area contributed by atoms with Crippen molar-refractivity contribution in [1.82, 2.24) is 19.4 Å². The minimum Gasteiger partial charge on any atom is -0.472 e. The average Bonchev–Trinajstić information content (AvgIpc) is 3.54. The Morgan fingerprint density at radius 1 is 1.05 bits per heavy atom. The molecule has 3 aromatic heterocycles. The number of aryl methyl sites for hydroxylation is 2. The van der Waals surface area contributed by atoms with Crippen LogP contribution in [0.1, 0.15) is 60.0 Å². The quantitative estimate of drug-likeness (QED) is 0.300. The van der Waals surface area contributed by atoms with E-state index in [0.29, 0.717) is 37.9 Å². The van der Waals surface area contributed by atoms with Gasteiger partial charge >= 0.3 is 5.97 Å². The third kappa shape index (κ3) is 5.83. The Hall–Kier alpha value is -4.00. The predicted octanol–water partition coefficient (Wildman–Crippen LogP) is 5.79. The molecule has 1 aliphatic heterocycles. The van der Waals surface area contributed by atoms with Crippen LogP contribution in [-0.2, 0) is 20.9 Å². The van der Waals surface area contributed by atoms with Gasteiger partial charge in [0.25, 0.3) is 0 Å². The van der Waals surface area contributed by atoms with E-state index in [9.17, 15) is 14.7 Å². The number of benzene rings is 1. The van der Waals surface area contributed by atoms with Crippen molar-refractivity contribution in [3.8, 4) is 33.7 Å². The van der Waals surface area contributed by atoms with Crippen LogP contribution in [0.4, 0.5) is 0 Å². The fourth-order valence-corrected chi connectivity index (χ4v) is 7.11. The summed E-state index contributed by atoms with van der Waals surface area (Å²) < 4.78 is 7.39. The molecule has 1 N–H and O–H groups in total. The van der Waals surface area contributed by atoms with E-state index in [4.69, 9.17) is 9.72 Å². The Balaban J connectivity index is 1.47. The molecule has 8 nitrogen and oxygen atoms in total. The van der Waals surface area contributed by atoms with Crippen LogP contribution in [0, 0.1) is 25.7 Å². The van der Waals surface area contributed by atoms with Gasteiger partial charge in [-0.2, -0.15) is 0 Å². The van der Waals surface area contributed by atoms with Gasteiger partial charge in [-0.25, -0.2) is 14.8 Å². The van der Waals surface area contributed by atoms with Gasteiger partial charge in [0, 0.05) is 24.4 Å². The highest BCUT2D eigenvalue weighted by atomic mass is 32.1. The summed E-state index contributed by atoms with van der Waals surface area (Å²) in [6.45, 7) is 6.23. The molecule has 1 saturated carbocycles. The normalized spacial score (nSPS) is 15.9. The van der Waals surface area contributed by atoms with E-state index in [0.717, 1.165) is 74.7 Å². The largest absolute Gasteiger partial charge is 0.472 e. The van der Waals surface area contributed by atoms with E-state index in [1.807, 2.05) is 41.5 Å². The van der Waals surface area contributed by atoms with Gasteiger partial charge in [-0.3, -0.25) is 4.79 Å². The fourth-order valence-electron chi connectivity index (χ4n) is 6.22. The summed E-state index contributed by atoms with van der Waals surface area (Å²) >= 11 is 1.65. The molecule has 0 unspecified atom stereocenters. The van der Waals surface area contributed by atoms with Crippen LogP contribution in [-0.4, -0.2) is 62.7 Å². The SMILES string of the molecule is Cc1nc(C)c(-c2ccc3cc(-c4c(C5CCCCC5)cc(C#CC(=O)O)n4CC(=O)N4CCOCC4)ccc3n2)s1. The van der Waals surface area contributed by atoms with Crippen LogP contribution in [0.25, 0.3) is 32.7 Å². The maximum Gasteiger partial charge on any atom is 0.382 e. The summed E-state index contributed by atoms with van der Waals surface area (Å²) in [5.41, 5.74) is 6.38. The third-order valence-electron chi connectivity index (χ3n) is 8.22. The maximum absolute atomic E-state index is 13.5. The van der Waals surface area contributed by atoms with Crippen LogP contribution in [0.2, 0.25) is 0 Å². The zero-order valence-corrected chi connectivity index (χ0v) is 24.8. The number of ether oxygens (including phenoxy) is 1. The molecule has 0 radical (unpaired) electrons. The highest BCUT2D eigenvalue weighted by molar-refractivity contribution is 7.15. The number of morpholine rings is 1. The van der Waals surface area contributed by atoms with Crippen LogP contribution in [0.15, 0.2) is 36.4 Å². The van der Waals surface area contributed by atoms with Gasteiger partial charge in [-0.05, 0) is 73.9 Å². The Kier molecular flexibility index (Phi) is 8.09. The summed E-state index contributed by atoms with van der Waals surface area (Å²) in [7, 11) is 0. The van der Waals surface area contributed by atoms with Crippen LogP contribution in [0.5, 0.6) is 0 Å². The van der Waals surface area contributed by atoms with E-state index in [-0.39, 0.29) is 12.5 Å². The number of fused-ring (bicyclic) bond motifs is 1. The molecule has 1 amide bonds. The summed E-state index contributed by atoms with van der Waals surface area (Å²) in [4.78, 5) is 37.4. The second-order valence-electron chi connectivity index (χ2n) is 11.1. The molecule has 4 heterocycles. The van der Waals surface area contributed by atoms with Crippen molar-refractivity contribution in [2.24, 2.45) is 0 Å². The zero-order valence-electron chi connectivity index (χ0n) is 24.0. The number of carbonyl (C=O) groups is 2. The molecule has 1 aliphatic carbocycles. The second-order valence-corrected chi connectivity index (χ2v) is 12.3. The molecule has 1 saturated heterocycles. The summed E-state index contributed by atoms with van der Waals surface area (Å²) in [5.74, 6) is 4.27. The van der Waals surface area contributed by atoms with Gasteiger partial charge in [-0.15, -0.1) is 11.3 Å². The third-order valence-corrected chi connectivity index (χ3v) is 9.32. The number of nitrogens with zero attached hydrogens (tertiary/aromatic N) is 4. The van der Waals surface area contributed by atoms with E-state index >= 15 is 0 Å². The monoisotopic (exact) mass is 582 g/mol. The van der Waals surface area contributed by atoms with E-state index < -0.39 is 5.97 Å². The number of hydrogen-bond donors (Lipinski definition) is 1.